The zero-order valence-electron chi connectivity index (χ0n) is 17.5. The zero-order chi connectivity index (χ0) is 20.4. The first-order chi connectivity index (χ1) is 14.0. The molecule has 0 bridgehead atoms. The fourth-order valence-corrected chi connectivity index (χ4v) is 4.23. The van der Waals surface area contributed by atoms with E-state index in [1.165, 1.54) is 0 Å². The van der Waals surface area contributed by atoms with E-state index in [2.05, 4.69) is 16.7 Å². The van der Waals surface area contributed by atoms with Crippen molar-refractivity contribution in [3.8, 4) is 0 Å². The first-order valence-corrected chi connectivity index (χ1v) is 10.4. The van der Waals surface area contributed by atoms with Crippen LogP contribution in [0.25, 0.3) is 10.9 Å². The summed E-state index contributed by atoms with van der Waals surface area (Å²) in [4.78, 5) is 26.0. The van der Waals surface area contributed by atoms with Crippen LogP contribution < -0.4 is 15.5 Å². The summed E-state index contributed by atoms with van der Waals surface area (Å²) in [6.45, 7) is 0.931. The summed E-state index contributed by atoms with van der Waals surface area (Å²) in [5.41, 5.74) is 1.76. The Morgan fingerprint density at radius 2 is 1.83 bits per heavy atom. The zero-order valence-corrected chi connectivity index (χ0v) is 17.5. The monoisotopic (exact) mass is 394 g/mol. The van der Waals surface area contributed by atoms with Crippen LogP contribution >= 0.6 is 0 Å². The van der Waals surface area contributed by atoms with Gasteiger partial charge in [0.15, 0.2) is 0 Å². The van der Waals surface area contributed by atoms with Gasteiger partial charge in [-0.15, -0.1) is 0 Å². The molecule has 7 nitrogen and oxygen atoms in total. The van der Waals surface area contributed by atoms with E-state index in [0.29, 0.717) is 12.0 Å². The average molecular weight is 395 g/mol. The number of rotatable bonds is 5. The number of nitrogens with one attached hydrogen (secondary N) is 2. The highest BCUT2D eigenvalue weighted by atomic mass is 16.2. The molecule has 2 aliphatic rings. The minimum Gasteiger partial charge on any atom is -0.370 e. The number of hydrogen-bond acceptors (Lipinski definition) is 6. The molecule has 1 amide bonds. The lowest BCUT2D eigenvalue weighted by molar-refractivity contribution is -0.119. The van der Waals surface area contributed by atoms with Crippen molar-refractivity contribution in [1.29, 1.82) is 0 Å². The van der Waals surface area contributed by atoms with Gasteiger partial charge in [-0.2, -0.15) is 4.98 Å². The van der Waals surface area contributed by atoms with E-state index < -0.39 is 0 Å². The number of hydrogen-bond donors (Lipinski definition) is 2. The molecule has 0 spiro atoms. The number of fused-ring (bicyclic) bond motifs is 1. The molecule has 1 aromatic heterocycles. The number of nitrogens with zero attached hydrogens (tertiary/aromatic N) is 4. The second kappa shape index (κ2) is 8.27. The number of benzene rings is 1. The molecular weight excluding hydrogens is 364 g/mol. The summed E-state index contributed by atoms with van der Waals surface area (Å²) in [6.07, 6.45) is 6.90. The van der Waals surface area contributed by atoms with Crippen molar-refractivity contribution in [1.82, 2.24) is 20.2 Å². The predicted molar refractivity (Wildman–Crippen MR) is 117 cm³/mol. The van der Waals surface area contributed by atoms with Crippen LogP contribution in [0.3, 0.4) is 0 Å². The molecule has 0 saturated heterocycles. The van der Waals surface area contributed by atoms with E-state index in [4.69, 9.17) is 9.97 Å². The van der Waals surface area contributed by atoms with Gasteiger partial charge >= 0.3 is 0 Å². The second-order valence-electron chi connectivity index (χ2n) is 8.25. The molecule has 29 heavy (non-hydrogen) atoms. The van der Waals surface area contributed by atoms with Crippen molar-refractivity contribution in [2.24, 2.45) is 0 Å². The van der Waals surface area contributed by atoms with Crippen molar-refractivity contribution in [2.75, 3.05) is 37.9 Å². The van der Waals surface area contributed by atoms with Crippen LogP contribution in [0.5, 0.6) is 0 Å². The lowest BCUT2D eigenvalue weighted by Gasteiger charge is -2.30. The number of anilines is 2. The molecule has 1 aliphatic heterocycles. The lowest BCUT2D eigenvalue weighted by atomic mass is 9.91. The Morgan fingerprint density at radius 3 is 2.52 bits per heavy atom. The molecule has 7 heteroatoms. The molecule has 0 atom stereocenters. The molecule has 1 aliphatic carbocycles. The van der Waals surface area contributed by atoms with Gasteiger partial charge in [-0.25, -0.2) is 4.98 Å². The number of carbonyl (C=O) groups is 1. The second-order valence-corrected chi connectivity index (χ2v) is 8.25. The largest absolute Gasteiger partial charge is 0.370 e. The SMILES string of the molecule is CN1CCC=C1C(=O)NC1CCC(Nc2nc(N(C)C)c3ccccc3n2)CC1. The summed E-state index contributed by atoms with van der Waals surface area (Å²) in [5.74, 6) is 1.67. The molecule has 154 valence electrons. The summed E-state index contributed by atoms with van der Waals surface area (Å²) in [7, 11) is 5.98. The first kappa shape index (κ1) is 19.5. The molecule has 2 aromatic rings. The molecule has 2 N–H and O–H groups in total. The van der Waals surface area contributed by atoms with Crippen molar-refractivity contribution in [3.63, 3.8) is 0 Å². The Kier molecular flexibility index (Phi) is 5.56. The molecule has 1 aromatic carbocycles. The third kappa shape index (κ3) is 4.28. The highest BCUT2D eigenvalue weighted by molar-refractivity contribution is 5.93. The molecule has 0 radical (unpaired) electrons. The van der Waals surface area contributed by atoms with Crippen molar-refractivity contribution < 1.29 is 4.79 Å². The lowest BCUT2D eigenvalue weighted by Crippen LogP contribution is -2.42. The quantitative estimate of drug-likeness (QED) is 0.812. The fraction of sp³-hybridized carbons (Fsp3) is 0.500. The summed E-state index contributed by atoms with van der Waals surface area (Å²) in [6, 6.07) is 8.67. The minimum absolute atomic E-state index is 0.0647. The van der Waals surface area contributed by atoms with Crippen molar-refractivity contribution in [2.45, 2.75) is 44.2 Å². The van der Waals surface area contributed by atoms with Crippen LogP contribution in [0.4, 0.5) is 11.8 Å². The minimum atomic E-state index is 0.0647. The number of aromatic nitrogens is 2. The standard InChI is InChI=1S/C22H30N6O/c1-27(2)20-17-7-4-5-8-18(17)25-22(26-20)24-16-12-10-15(11-13-16)23-21(29)19-9-6-14-28(19)3/h4-5,7-9,15-16H,6,10-14H2,1-3H3,(H,23,29)(H,24,25,26). The van der Waals surface area contributed by atoms with Crippen molar-refractivity contribution >= 4 is 28.6 Å². The maximum atomic E-state index is 12.5. The van der Waals surface area contributed by atoms with E-state index in [0.717, 1.165) is 61.1 Å². The van der Waals surface area contributed by atoms with Gasteiger partial charge in [0.25, 0.3) is 5.91 Å². The third-order valence-electron chi connectivity index (χ3n) is 5.85. The number of likely N-dealkylation sites (N-methyl/N-ethyl adjacent to an activating group) is 1. The van der Waals surface area contributed by atoms with Crippen molar-refractivity contribution in [3.05, 3.63) is 36.0 Å². The van der Waals surface area contributed by atoms with Crippen LogP contribution in [0.15, 0.2) is 36.0 Å². The van der Waals surface area contributed by atoms with E-state index in [1.807, 2.05) is 55.2 Å². The molecule has 1 saturated carbocycles. The van der Waals surface area contributed by atoms with Crippen LogP contribution in [-0.4, -0.2) is 60.5 Å². The Morgan fingerprint density at radius 1 is 1.10 bits per heavy atom. The van der Waals surface area contributed by atoms with Crippen LogP contribution in [0.2, 0.25) is 0 Å². The molecule has 0 unspecified atom stereocenters. The van der Waals surface area contributed by atoms with Gasteiger partial charge in [0.05, 0.1) is 11.2 Å². The number of para-hydroxylation sites is 1. The number of carbonyl (C=O) groups excluding carboxylic acids is 1. The normalized spacial score (nSPS) is 21.8. The Balaban J connectivity index is 1.37. The van der Waals surface area contributed by atoms with E-state index in [-0.39, 0.29) is 11.9 Å². The highest BCUT2D eigenvalue weighted by Crippen LogP contribution is 2.26. The van der Waals surface area contributed by atoms with Gasteiger partial charge in [-0.05, 0) is 44.2 Å². The Labute approximate surface area is 172 Å². The summed E-state index contributed by atoms with van der Waals surface area (Å²) >= 11 is 0. The van der Waals surface area contributed by atoms with E-state index in [9.17, 15) is 4.79 Å². The summed E-state index contributed by atoms with van der Waals surface area (Å²) in [5, 5.41) is 7.79. The van der Waals surface area contributed by atoms with Gasteiger partial charge in [0, 0.05) is 45.2 Å². The smallest absolute Gasteiger partial charge is 0.267 e. The third-order valence-corrected chi connectivity index (χ3v) is 5.85. The van der Waals surface area contributed by atoms with Gasteiger partial charge in [-0.1, -0.05) is 18.2 Å². The Hall–Kier alpha value is -2.83. The first-order valence-electron chi connectivity index (χ1n) is 10.4. The molecule has 4 rings (SSSR count). The topological polar surface area (TPSA) is 73.4 Å². The van der Waals surface area contributed by atoms with Gasteiger partial charge < -0.3 is 20.4 Å². The van der Waals surface area contributed by atoms with Crippen LogP contribution in [0.1, 0.15) is 32.1 Å². The number of amides is 1. The fourth-order valence-electron chi connectivity index (χ4n) is 4.23. The van der Waals surface area contributed by atoms with E-state index >= 15 is 0 Å². The van der Waals surface area contributed by atoms with E-state index in [1.54, 1.807) is 0 Å². The maximum absolute atomic E-state index is 12.5. The van der Waals surface area contributed by atoms with Crippen LogP contribution in [0, 0.1) is 0 Å². The summed E-state index contributed by atoms with van der Waals surface area (Å²) < 4.78 is 0. The molecule has 2 heterocycles. The van der Waals surface area contributed by atoms with Crippen LogP contribution in [-0.2, 0) is 4.79 Å². The maximum Gasteiger partial charge on any atom is 0.267 e. The van der Waals surface area contributed by atoms with Gasteiger partial charge in [0.1, 0.15) is 5.82 Å². The average Bonchev–Trinajstić information content (AvgIpc) is 3.15. The highest BCUT2D eigenvalue weighted by Gasteiger charge is 2.26. The van der Waals surface area contributed by atoms with Gasteiger partial charge in [0.2, 0.25) is 5.95 Å². The molecular formula is C22H30N6O. The predicted octanol–water partition coefficient (Wildman–Crippen LogP) is 2.75. The Bertz CT molecular complexity index is 917. The van der Waals surface area contributed by atoms with Gasteiger partial charge in [-0.3, -0.25) is 4.79 Å². The molecule has 1 fully saturated rings.